The Kier molecular flexibility index (Phi) is 3.06. The standard InChI is InChI=1S/C9H17NO/c1-3-9(11)7-5-4-6-8(7)10-2/h7-8,10H,3-6H2,1-2H3/t7?,8-/m0/s1. The van der Waals surface area contributed by atoms with Gasteiger partial charge >= 0.3 is 0 Å². The highest BCUT2D eigenvalue weighted by Gasteiger charge is 2.30. The van der Waals surface area contributed by atoms with Gasteiger partial charge in [0.25, 0.3) is 0 Å². The Labute approximate surface area is 68.4 Å². The maximum atomic E-state index is 11.3. The summed E-state index contributed by atoms with van der Waals surface area (Å²) < 4.78 is 0. The average molecular weight is 155 g/mol. The van der Waals surface area contributed by atoms with Crippen molar-refractivity contribution in [3.05, 3.63) is 0 Å². The Hall–Kier alpha value is -0.370. The lowest BCUT2D eigenvalue weighted by Crippen LogP contribution is -2.33. The Bertz CT molecular complexity index is 144. The molecule has 0 amide bonds. The van der Waals surface area contributed by atoms with E-state index in [0.29, 0.717) is 24.2 Å². The third kappa shape index (κ3) is 1.80. The van der Waals surface area contributed by atoms with Crippen molar-refractivity contribution in [3.63, 3.8) is 0 Å². The minimum absolute atomic E-state index is 0.310. The van der Waals surface area contributed by atoms with Crippen LogP contribution in [-0.2, 0) is 4.79 Å². The molecule has 0 aromatic carbocycles. The molecule has 1 N–H and O–H groups in total. The molecular formula is C9H17NO. The van der Waals surface area contributed by atoms with Gasteiger partial charge in [-0.2, -0.15) is 0 Å². The lowest BCUT2D eigenvalue weighted by atomic mass is 9.97. The average Bonchev–Trinajstić information content (AvgIpc) is 2.50. The van der Waals surface area contributed by atoms with Crippen LogP contribution >= 0.6 is 0 Å². The molecule has 0 radical (unpaired) electrons. The van der Waals surface area contributed by atoms with Gasteiger partial charge in [-0.25, -0.2) is 0 Å². The van der Waals surface area contributed by atoms with Crippen LogP contribution in [0.5, 0.6) is 0 Å². The monoisotopic (exact) mass is 155 g/mol. The molecule has 0 spiro atoms. The van der Waals surface area contributed by atoms with Crippen molar-refractivity contribution in [2.75, 3.05) is 7.05 Å². The van der Waals surface area contributed by atoms with Crippen LogP contribution in [-0.4, -0.2) is 18.9 Å². The predicted octanol–water partition coefficient (Wildman–Crippen LogP) is 1.35. The minimum atomic E-state index is 0.310. The van der Waals surface area contributed by atoms with Crippen molar-refractivity contribution < 1.29 is 4.79 Å². The summed E-state index contributed by atoms with van der Waals surface area (Å²) in [6.45, 7) is 1.95. The second kappa shape index (κ2) is 3.86. The molecule has 1 fully saturated rings. The first kappa shape index (κ1) is 8.72. The van der Waals surface area contributed by atoms with Crippen molar-refractivity contribution >= 4 is 5.78 Å². The molecule has 0 aromatic heterocycles. The fraction of sp³-hybridized carbons (Fsp3) is 0.889. The lowest BCUT2D eigenvalue weighted by Gasteiger charge is -2.16. The van der Waals surface area contributed by atoms with Crippen LogP contribution in [0.25, 0.3) is 0 Å². The highest BCUT2D eigenvalue weighted by Crippen LogP contribution is 2.26. The van der Waals surface area contributed by atoms with E-state index < -0.39 is 0 Å². The normalized spacial score (nSPS) is 30.7. The molecule has 0 saturated heterocycles. The summed E-state index contributed by atoms with van der Waals surface area (Å²) in [5.41, 5.74) is 0. The van der Waals surface area contributed by atoms with Crippen LogP contribution in [0.1, 0.15) is 32.6 Å². The second-order valence-corrected chi connectivity index (χ2v) is 3.25. The predicted molar refractivity (Wildman–Crippen MR) is 45.5 cm³/mol. The molecule has 0 aromatic rings. The first-order chi connectivity index (χ1) is 5.29. The SMILES string of the molecule is CCC(=O)C1CCC[C@@H]1NC. The Morgan fingerprint density at radius 2 is 2.27 bits per heavy atom. The first-order valence-electron chi connectivity index (χ1n) is 4.49. The van der Waals surface area contributed by atoms with E-state index in [9.17, 15) is 4.79 Å². The van der Waals surface area contributed by atoms with E-state index in [1.165, 1.54) is 12.8 Å². The van der Waals surface area contributed by atoms with Gasteiger partial charge in [-0.3, -0.25) is 4.79 Å². The molecule has 1 aliphatic carbocycles. The molecule has 1 rings (SSSR count). The summed E-state index contributed by atoms with van der Waals surface area (Å²) in [5.74, 6) is 0.742. The van der Waals surface area contributed by atoms with Gasteiger partial charge in [0.2, 0.25) is 0 Å². The van der Waals surface area contributed by atoms with Crippen LogP contribution in [0, 0.1) is 5.92 Å². The number of Topliss-reactive ketones (excluding diaryl/α,β-unsaturated/α-hetero) is 1. The summed E-state index contributed by atoms with van der Waals surface area (Å²) in [4.78, 5) is 11.3. The molecule has 2 nitrogen and oxygen atoms in total. The first-order valence-corrected chi connectivity index (χ1v) is 4.49. The minimum Gasteiger partial charge on any atom is -0.316 e. The van der Waals surface area contributed by atoms with Crippen molar-refractivity contribution in [1.82, 2.24) is 5.32 Å². The molecule has 64 valence electrons. The van der Waals surface area contributed by atoms with E-state index >= 15 is 0 Å². The van der Waals surface area contributed by atoms with Gasteiger partial charge in [0.15, 0.2) is 0 Å². The summed E-state index contributed by atoms with van der Waals surface area (Å²) in [5, 5.41) is 3.21. The number of nitrogens with one attached hydrogen (secondary N) is 1. The fourth-order valence-corrected chi connectivity index (χ4v) is 1.95. The Morgan fingerprint density at radius 1 is 1.55 bits per heavy atom. The van der Waals surface area contributed by atoms with Crippen molar-refractivity contribution in [2.24, 2.45) is 5.92 Å². The van der Waals surface area contributed by atoms with Gasteiger partial charge in [-0.1, -0.05) is 13.3 Å². The van der Waals surface area contributed by atoms with Crippen molar-refractivity contribution in [3.8, 4) is 0 Å². The zero-order valence-corrected chi connectivity index (χ0v) is 7.39. The number of hydrogen-bond donors (Lipinski definition) is 1. The zero-order chi connectivity index (χ0) is 8.27. The third-order valence-electron chi connectivity index (χ3n) is 2.65. The molecule has 1 saturated carbocycles. The summed E-state index contributed by atoms with van der Waals surface area (Å²) in [6.07, 6.45) is 4.18. The smallest absolute Gasteiger partial charge is 0.137 e. The maximum Gasteiger partial charge on any atom is 0.137 e. The third-order valence-corrected chi connectivity index (χ3v) is 2.65. The van der Waals surface area contributed by atoms with Crippen LogP contribution in [0.4, 0.5) is 0 Å². The lowest BCUT2D eigenvalue weighted by molar-refractivity contribution is -0.122. The van der Waals surface area contributed by atoms with Crippen molar-refractivity contribution in [1.29, 1.82) is 0 Å². The number of ketones is 1. The Morgan fingerprint density at radius 3 is 2.82 bits per heavy atom. The van der Waals surface area contributed by atoms with E-state index in [-0.39, 0.29) is 0 Å². The van der Waals surface area contributed by atoms with E-state index in [1.807, 2.05) is 14.0 Å². The molecule has 0 aliphatic heterocycles. The van der Waals surface area contributed by atoms with E-state index in [1.54, 1.807) is 0 Å². The molecule has 1 aliphatic rings. The topological polar surface area (TPSA) is 29.1 Å². The van der Waals surface area contributed by atoms with Crippen LogP contribution in [0.2, 0.25) is 0 Å². The van der Waals surface area contributed by atoms with Crippen LogP contribution < -0.4 is 5.32 Å². The Balaban J connectivity index is 2.49. The van der Waals surface area contributed by atoms with Gasteiger partial charge < -0.3 is 5.32 Å². The quantitative estimate of drug-likeness (QED) is 0.666. The molecule has 0 heterocycles. The zero-order valence-electron chi connectivity index (χ0n) is 7.39. The van der Waals surface area contributed by atoms with Gasteiger partial charge in [-0.05, 0) is 19.9 Å². The molecule has 2 heteroatoms. The number of carbonyl (C=O) groups is 1. The highest BCUT2D eigenvalue weighted by molar-refractivity contribution is 5.81. The maximum absolute atomic E-state index is 11.3. The summed E-state index contributed by atoms with van der Waals surface area (Å²) in [7, 11) is 1.95. The van der Waals surface area contributed by atoms with E-state index in [4.69, 9.17) is 0 Å². The van der Waals surface area contributed by atoms with E-state index in [0.717, 1.165) is 6.42 Å². The highest BCUT2D eigenvalue weighted by atomic mass is 16.1. The largest absolute Gasteiger partial charge is 0.316 e. The second-order valence-electron chi connectivity index (χ2n) is 3.25. The number of hydrogen-bond acceptors (Lipinski definition) is 2. The van der Waals surface area contributed by atoms with Crippen LogP contribution in [0.15, 0.2) is 0 Å². The van der Waals surface area contributed by atoms with Gasteiger partial charge in [-0.15, -0.1) is 0 Å². The van der Waals surface area contributed by atoms with Crippen LogP contribution in [0.3, 0.4) is 0 Å². The van der Waals surface area contributed by atoms with Gasteiger partial charge in [0.1, 0.15) is 5.78 Å². The molecule has 2 atom stereocenters. The molecule has 0 bridgehead atoms. The summed E-state index contributed by atoms with van der Waals surface area (Å²) in [6, 6.07) is 0.461. The fourth-order valence-electron chi connectivity index (χ4n) is 1.95. The van der Waals surface area contributed by atoms with E-state index in [2.05, 4.69) is 5.32 Å². The molecule has 1 unspecified atom stereocenters. The number of carbonyl (C=O) groups excluding carboxylic acids is 1. The van der Waals surface area contributed by atoms with Gasteiger partial charge in [0.05, 0.1) is 0 Å². The van der Waals surface area contributed by atoms with Crippen molar-refractivity contribution in [2.45, 2.75) is 38.6 Å². The summed E-state index contributed by atoms with van der Waals surface area (Å²) >= 11 is 0. The number of rotatable bonds is 3. The molecule has 11 heavy (non-hydrogen) atoms. The van der Waals surface area contributed by atoms with Gasteiger partial charge in [0, 0.05) is 18.4 Å². The molecular weight excluding hydrogens is 138 g/mol.